The van der Waals surface area contributed by atoms with Crippen LogP contribution in [0.4, 0.5) is 0 Å². The molecule has 0 bridgehead atoms. The van der Waals surface area contributed by atoms with Crippen LogP contribution in [0.25, 0.3) is 0 Å². The van der Waals surface area contributed by atoms with Gasteiger partial charge in [0.15, 0.2) is 11.5 Å². The van der Waals surface area contributed by atoms with Crippen molar-refractivity contribution in [3.63, 3.8) is 0 Å². The fourth-order valence-electron chi connectivity index (χ4n) is 2.68. The lowest BCUT2D eigenvalue weighted by Crippen LogP contribution is -2.26. The number of amides is 1. The summed E-state index contributed by atoms with van der Waals surface area (Å²) in [6.07, 6.45) is 4.63. The molecule has 1 amide bonds. The summed E-state index contributed by atoms with van der Waals surface area (Å²) in [7, 11) is -0.929. The second kappa shape index (κ2) is 9.57. The molecule has 0 aromatic heterocycles. The van der Waals surface area contributed by atoms with Crippen LogP contribution in [-0.4, -0.2) is 26.3 Å². The number of hydrogen-bond acceptors (Lipinski definition) is 5. The molecule has 0 saturated heterocycles. The summed E-state index contributed by atoms with van der Waals surface area (Å²) < 4.78 is 33.5. The van der Waals surface area contributed by atoms with Crippen LogP contribution < -0.4 is 14.8 Å². The zero-order chi connectivity index (χ0) is 21.8. The second-order valence-electron chi connectivity index (χ2n) is 6.04. The minimum atomic E-state index is -2.38. The predicted molar refractivity (Wildman–Crippen MR) is 118 cm³/mol. The molecule has 0 saturated carbocycles. The van der Waals surface area contributed by atoms with Crippen LogP contribution in [0.1, 0.15) is 16.8 Å². The lowest BCUT2D eigenvalue weighted by molar-refractivity contribution is 0.0963. The van der Waals surface area contributed by atoms with Crippen molar-refractivity contribution in [1.29, 1.82) is 0 Å². The third-order valence-corrected chi connectivity index (χ3v) is 5.48. The highest BCUT2D eigenvalue weighted by molar-refractivity contribution is 7.73. The first-order valence-corrected chi connectivity index (χ1v) is 10.6. The maximum atomic E-state index is 12.9. The molecule has 3 rings (SSSR count). The third kappa shape index (κ3) is 5.17. The smallest absolute Gasteiger partial charge is 0.260 e. The molecule has 0 atom stereocenters. The SMILES string of the molecule is COc1cc(Cl)ccc1Oc1cc(Cl)cc(Cl)c1C(=O)NC1=CC=CC(=S(=O)=O)C1. The maximum Gasteiger partial charge on any atom is 0.260 e. The highest BCUT2D eigenvalue weighted by Gasteiger charge is 2.22. The second-order valence-corrected chi connectivity index (χ2v) is 8.31. The molecule has 0 radical (unpaired) electrons. The van der Waals surface area contributed by atoms with Gasteiger partial charge in [-0.2, -0.15) is 8.42 Å². The average Bonchev–Trinajstić information content (AvgIpc) is 2.68. The maximum absolute atomic E-state index is 12.9. The summed E-state index contributed by atoms with van der Waals surface area (Å²) >= 11 is 18.3. The van der Waals surface area contributed by atoms with Crippen LogP contribution in [0.5, 0.6) is 17.2 Å². The van der Waals surface area contributed by atoms with E-state index >= 15 is 0 Å². The molecule has 6 nitrogen and oxygen atoms in total. The number of methoxy groups -OCH3 is 1. The molecule has 1 aliphatic rings. The number of carbonyl (C=O) groups excluding carboxylic acids is 1. The summed E-state index contributed by atoms with van der Waals surface area (Å²) in [6, 6.07) is 7.59. The first kappa shape index (κ1) is 22.2. The van der Waals surface area contributed by atoms with Crippen LogP contribution in [0.2, 0.25) is 15.1 Å². The van der Waals surface area contributed by atoms with E-state index in [1.165, 1.54) is 31.4 Å². The Hall–Kier alpha value is -2.45. The van der Waals surface area contributed by atoms with Gasteiger partial charge < -0.3 is 14.8 Å². The van der Waals surface area contributed by atoms with Gasteiger partial charge in [-0.05, 0) is 30.4 Å². The van der Waals surface area contributed by atoms with Crippen LogP contribution in [0.3, 0.4) is 0 Å². The van der Waals surface area contributed by atoms with Crippen molar-refractivity contribution in [2.45, 2.75) is 6.42 Å². The summed E-state index contributed by atoms with van der Waals surface area (Å²) in [4.78, 5) is 13.1. The molecule has 30 heavy (non-hydrogen) atoms. The van der Waals surface area contributed by atoms with Crippen molar-refractivity contribution >= 4 is 55.9 Å². The lowest BCUT2D eigenvalue weighted by Gasteiger charge is -2.17. The van der Waals surface area contributed by atoms with E-state index in [-0.39, 0.29) is 32.6 Å². The molecule has 2 aromatic rings. The van der Waals surface area contributed by atoms with Crippen molar-refractivity contribution in [3.05, 3.63) is 74.9 Å². The quantitative estimate of drug-likeness (QED) is 0.597. The van der Waals surface area contributed by atoms with Gasteiger partial charge in [0, 0.05) is 34.3 Å². The molecule has 0 spiro atoms. The Morgan fingerprint density at radius 2 is 1.77 bits per heavy atom. The van der Waals surface area contributed by atoms with E-state index in [0.29, 0.717) is 22.2 Å². The van der Waals surface area contributed by atoms with Gasteiger partial charge in [0.05, 0.1) is 17.0 Å². The zero-order valence-electron chi connectivity index (χ0n) is 15.4. The summed E-state index contributed by atoms with van der Waals surface area (Å²) in [6.45, 7) is 0. The van der Waals surface area contributed by atoms with Crippen molar-refractivity contribution in [3.8, 4) is 17.2 Å². The Bertz CT molecular complexity index is 1210. The molecule has 0 aliphatic heterocycles. The van der Waals surface area contributed by atoms with Gasteiger partial charge in [0.25, 0.3) is 5.91 Å². The number of hydrogen-bond donors (Lipinski definition) is 1. The number of carbonyl (C=O) groups is 1. The number of ether oxygens (including phenoxy) is 2. The van der Waals surface area contributed by atoms with E-state index in [9.17, 15) is 13.2 Å². The number of benzene rings is 2. The minimum Gasteiger partial charge on any atom is -0.493 e. The largest absolute Gasteiger partial charge is 0.493 e. The van der Waals surface area contributed by atoms with Gasteiger partial charge in [-0.3, -0.25) is 4.79 Å². The fourth-order valence-corrected chi connectivity index (χ4v) is 3.87. The molecule has 1 N–H and O–H groups in total. The predicted octanol–water partition coefficient (Wildman–Crippen LogP) is 5.07. The van der Waals surface area contributed by atoms with E-state index in [1.807, 2.05) is 0 Å². The number of rotatable bonds is 5. The van der Waals surface area contributed by atoms with E-state index < -0.39 is 16.2 Å². The Labute approximate surface area is 189 Å². The molecule has 2 aromatic carbocycles. The molecular weight excluding hydrogens is 473 g/mol. The topological polar surface area (TPSA) is 81.7 Å². The van der Waals surface area contributed by atoms with E-state index in [2.05, 4.69) is 5.32 Å². The Morgan fingerprint density at radius 3 is 2.47 bits per heavy atom. The number of halogens is 3. The van der Waals surface area contributed by atoms with Crippen LogP contribution in [-0.2, 0) is 10.3 Å². The normalized spacial score (nSPS) is 12.9. The molecule has 156 valence electrons. The minimum absolute atomic E-state index is 0.0262. The van der Waals surface area contributed by atoms with Crippen molar-refractivity contribution in [2.75, 3.05) is 7.11 Å². The van der Waals surface area contributed by atoms with Gasteiger partial charge in [0.1, 0.15) is 11.3 Å². The monoisotopic (exact) mass is 485 g/mol. The Balaban J connectivity index is 1.96. The van der Waals surface area contributed by atoms with Gasteiger partial charge in [0.2, 0.25) is 10.3 Å². The van der Waals surface area contributed by atoms with Crippen molar-refractivity contribution in [2.24, 2.45) is 0 Å². The summed E-state index contributed by atoms with van der Waals surface area (Å²) in [5, 5.41) is 3.43. The molecular formula is C20H14Cl3NO5S. The van der Waals surface area contributed by atoms with Crippen molar-refractivity contribution in [1.82, 2.24) is 5.32 Å². The van der Waals surface area contributed by atoms with Gasteiger partial charge in [-0.1, -0.05) is 40.9 Å². The molecule has 0 fully saturated rings. The van der Waals surface area contributed by atoms with Crippen LogP contribution >= 0.6 is 34.8 Å². The third-order valence-electron chi connectivity index (χ3n) is 4.02. The van der Waals surface area contributed by atoms with E-state index in [4.69, 9.17) is 44.3 Å². The average molecular weight is 487 g/mol. The zero-order valence-corrected chi connectivity index (χ0v) is 18.5. The standard InChI is InChI=1S/C20H14Cl3NO5S/c1-28-17-8-11(21)5-6-16(17)29-18-9-12(22)7-15(23)19(18)20(25)24-13-3-2-4-14(10-13)30(26)27/h2-9H,10H2,1H3,(H,24,25). The first-order chi connectivity index (χ1) is 14.3. The lowest BCUT2D eigenvalue weighted by atomic mass is 10.1. The molecule has 1 aliphatic carbocycles. The first-order valence-electron chi connectivity index (χ1n) is 8.42. The molecule has 0 heterocycles. The fraction of sp³-hybridized carbons (Fsp3) is 0.100. The number of allylic oxidation sites excluding steroid dienone is 4. The molecule has 10 heteroatoms. The van der Waals surface area contributed by atoms with Crippen LogP contribution in [0.15, 0.2) is 54.3 Å². The number of nitrogens with one attached hydrogen (secondary N) is 1. The van der Waals surface area contributed by atoms with E-state index in [0.717, 1.165) is 0 Å². The summed E-state index contributed by atoms with van der Waals surface area (Å²) in [5.74, 6) is 0.153. The Kier molecular flexibility index (Phi) is 7.10. The highest BCUT2D eigenvalue weighted by Crippen LogP contribution is 2.38. The summed E-state index contributed by atoms with van der Waals surface area (Å²) in [5.41, 5.74) is 0.418. The Morgan fingerprint density at radius 1 is 1.03 bits per heavy atom. The van der Waals surface area contributed by atoms with Gasteiger partial charge >= 0.3 is 0 Å². The highest BCUT2D eigenvalue weighted by atomic mass is 35.5. The molecule has 0 unspecified atom stereocenters. The van der Waals surface area contributed by atoms with E-state index in [1.54, 1.807) is 24.3 Å². The van der Waals surface area contributed by atoms with Gasteiger partial charge in [-0.25, -0.2) is 0 Å². The van der Waals surface area contributed by atoms with Gasteiger partial charge in [-0.15, -0.1) is 0 Å². The van der Waals surface area contributed by atoms with Crippen LogP contribution in [0, 0.1) is 0 Å². The van der Waals surface area contributed by atoms with Crippen molar-refractivity contribution < 1.29 is 22.7 Å².